The van der Waals surface area contributed by atoms with E-state index in [-0.39, 0.29) is 6.10 Å². The molecule has 4 nitrogen and oxygen atoms in total. The summed E-state index contributed by atoms with van der Waals surface area (Å²) in [5.41, 5.74) is 1.31. The van der Waals surface area contributed by atoms with Gasteiger partial charge in [-0.25, -0.2) is 0 Å². The fraction of sp³-hybridized carbons (Fsp3) is 0.750. The van der Waals surface area contributed by atoms with Crippen molar-refractivity contribution in [2.75, 3.05) is 0 Å². The molecule has 0 aromatic carbocycles. The molecule has 0 radical (unpaired) electrons. The third-order valence-corrected chi connectivity index (χ3v) is 4.98. The molecule has 5 heteroatoms. The van der Waals surface area contributed by atoms with Crippen LogP contribution in [-0.4, -0.2) is 32.3 Å². The molecular weight excluding hydrogens is 234 g/mol. The number of nitrogens with one attached hydrogen (secondary N) is 1. The highest BCUT2D eigenvalue weighted by molar-refractivity contribution is 8.00. The molecule has 1 aliphatic heterocycles. The van der Waals surface area contributed by atoms with Crippen LogP contribution in [0, 0.1) is 0 Å². The zero-order chi connectivity index (χ0) is 11.8. The number of hydrogen-bond donors (Lipinski definition) is 2. The molecule has 0 amide bonds. The van der Waals surface area contributed by atoms with Gasteiger partial charge in [-0.2, -0.15) is 5.10 Å². The van der Waals surface area contributed by atoms with Gasteiger partial charge in [0.2, 0.25) is 0 Å². The van der Waals surface area contributed by atoms with Crippen LogP contribution >= 0.6 is 11.8 Å². The fourth-order valence-electron chi connectivity index (χ4n) is 2.63. The normalized spacial score (nSPS) is 32.7. The molecule has 0 bridgehead atoms. The van der Waals surface area contributed by atoms with E-state index in [0.29, 0.717) is 11.3 Å². The van der Waals surface area contributed by atoms with Crippen molar-refractivity contribution in [2.24, 2.45) is 0 Å². The molecule has 1 aromatic rings. The highest BCUT2D eigenvalue weighted by Crippen LogP contribution is 2.36. The van der Waals surface area contributed by atoms with Gasteiger partial charge >= 0.3 is 0 Å². The summed E-state index contributed by atoms with van der Waals surface area (Å²) in [6.07, 6.45) is 4.91. The molecule has 1 saturated carbocycles. The number of fused-ring (bicyclic) bond motifs is 1. The molecular formula is C12H19N3OS. The average molecular weight is 253 g/mol. The minimum absolute atomic E-state index is 0.0861. The van der Waals surface area contributed by atoms with Crippen molar-refractivity contribution in [3.63, 3.8) is 0 Å². The lowest BCUT2D eigenvalue weighted by Gasteiger charge is -2.22. The van der Waals surface area contributed by atoms with E-state index in [4.69, 9.17) is 0 Å². The molecule has 0 saturated heterocycles. The Kier molecular flexibility index (Phi) is 3.15. The van der Waals surface area contributed by atoms with Crippen molar-refractivity contribution in [3.05, 3.63) is 11.9 Å². The molecule has 2 aliphatic rings. The molecule has 2 heterocycles. The van der Waals surface area contributed by atoms with Gasteiger partial charge in [-0.3, -0.25) is 4.68 Å². The third-order valence-electron chi connectivity index (χ3n) is 3.63. The lowest BCUT2D eigenvalue weighted by molar-refractivity contribution is 0.183. The second-order valence-electron chi connectivity index (χ2n) is 5.13. The van der Waals surface area contributed by atoms with Crippen LogP contribution in [0.15, 0.2) is 11.1 Å². The topological polar surface area (TPSA) is 50.1 Å². The zero-order valence-electron chi connectivity index (χ0n) is 10.1. The maximum absolute atomic E-state index is 9.55. The molecule has 17 heavy (non-hydrogen) atoms. The van der Waals surface area contributed by atoms with E-state index in [1.54, 1.807) is 0 Å². The minimum atomic E-state index is -0.0861. The highest BCUT2D eigenvalue weighted by atomic mass is 32.2. The number of thioether (sulfide) groups is 1. The van der Waals surface area contributed by atoms with Crippen LogP contribution in [0.1, 0.15) is 31.9 Å². The molecule has 3 atom stereocenters. The lowest BCUT2D eigenvalue weighted by atomic mass is 10.2. The van der Waals surface area contributed by atoms with Gasteiger partial charge in [-0.05, 0) is 26.2 Å². The van der Waals surface area contributed by atoms with E-state index in [1.807, 2.05) is 18.0 Å². The van der Waals surface area contributed by atoms with Crippen molar-refractivity contribution in [2.45, 2.75) is 61.6 Å². The van der Waals surface area contributed by atoms with Crippen LogP contribution in [0.5, 0.6) is 0 Å². The first-order valence-corrected chi connectivity index (χ1v) is 7.23. The first-order valence-electron chi connectivity index (χ1n) is 6.35. The Hall–Kier alpha value is -0.520. The quantitative estimate of drug-likeness (QED) is 0.836. The molecule has 1 aliphatic carbocycles. The number of rotatable bonds is 2. The Bertz CT molecular complexity index is 406. The number of aromatic nitrogens is 2. The minimum Gasteiger partial charge on any atom is -0.393 e. The van der Waals surface area contributed by atoms with Crippen molar-refractivity contribution in [1.82, 2.24) is 15.1 Å². The number of aliphatic hydroxyl groups is 1. The lowest BCUT2D eigenvalue weighted by Crippen LogP contribution is -2.36. The maximum atomic E-state index is 9.55. The van der Waals surface area contributed by atoms with Gasteiger partial charge < -0.3 is 10.4 Å². The Morgan fingerprint density at radius 2 is 2.41 bits per heavy atom. The van der Waals surface area contributed by atoms with Gasteiger partial charge in [0.05, 0.1) is 29.4 Å². The summed E-state index contributed by atoms with van der Waals surface area (Å²) in [7, 11) is 0. The summed E-state index contributed by atoms with van der Waals surface area (Å²) >= 11 is 1.89. The maximum Gasteiger partial charge on any atom is 0.0658 e. The predicted molar refractivity (Wildman–Crippen MR) is 68.0 cm³/mol. The SMILES string of the molecule is C[C@H]1Cn2ncc(SC3CCC(O)C3)c2CN1. The smallest absolute Gasteiger partial charge is 0.0658 e. The van der Waals surface area contributed by atoms with Crippen LogP contribution in [0.4, 0.5) is 0 Å². The molecule has 94 valence electrons. The van der Waals surface area contributed by atoms with E-state index in [2.05, 4.69) is 22.0 Å². The second-order valence-corrected chi connectivity index (χ2v) is 6.47. The molecule has 2 N–H and O–H groups in total. The summed E-state index contributed by atoms with van der Waals surface area (Å²) in [5.74, 6) is 0. The van der Waals surface area contributed by atoms with Crippen molar-refractivity contribution < 1.29 is 5.11 Å². The van der Waals surface area contributed by atoms with Gasteiger partial charge in [-0.15, -0.1) is 11.8 Å². The number of nitrogens with zero attached hydrogens (tertiary/aromatic N) is 2. The van der Waals surface area contributed by atoms with Gasteiger partial charge in [0.15, 0.2) is 0 Å². The second kappa shape index (κ2) is 4.63. The number of aliphatic hydroxyl groups excluding tert-OH is 1. The summed E-state index contributed by atoms with van der Waals surface area (Å²) in [6.45, 7) is 4.06. The first kappa shape index (κ1) is 11.6. The molecule has 1 aromatic heterocycles. The summed E-state index contributed by atoms with van der Waals surface area (Å²) < 4.78 is 2.12. The zero-order valence-corrected chi connectivity index (χ0v) is 10.9. The van der Waals surface area contributed by atoms with Gasteiger partial charge in [0, 0.05) is 17.8 Å². The largest absolute Gasteiger partial charge is 0.393 e. The van der Waals surface area contributed by atoms with Gasteiger partial charge in [0.1, 0.15) is 0 Å². The first-order chi connectivity index (χ1) is 8.22. The Labute approximate surface area is 106 Å². The third kappa shape index (κ3) is 2.37. The predicted octanol–water partition coefficient (Wildman–Crippen LogP) is 1.38. The standard InChI is InChI=1S/C12H19N3OS/c1-8-7-15-11(5-13-8)12(6-14-15)17-10-3-2-9(16)4-10/h6,8-10,13,16H,2-5,7H2,1H3/t8-,9?,10?/m0/s1. The molecule has 1 fully saturated rings. The Morgan fingerprint density at radius 1 is 1.53 bits per heavy atom. The van der Waals surface area contributed by atoms with E-state index in [9.17, 15) is 5.11 Å². The van der Waals surface area contributed by atoms with Crippen molar-refractivity contribution >= 4 is 11.8 Å². The average Bonchev–Trinajstić information content (AvgIpc) is 2.86. The van der Waals surface area contributed by atoms with Gasteiger partial charge in [-0.1, -0.05) is 0 Å². The molecule has 0 spiro atoms. The number of hydrogen-bond acceptors (Lipinski definition) is 4. The van der Waals surface area contributed by atoms with Crippen LogP contribution < -0.4 is 5.32 Å². The van der Waals surface area contributed by atoms with E-state index in [1.165, 1.54) is 10.6 Å². The van der Waals surface area contributed by atoms with Crippen molar-refractivity contribution in [3.8, 4) is 0 Å². The van der Waals surface area contributed by atoms with Gasteiger partial charge in [0.25, 0.3) is 0 Å². The summed E-state index contributed by atoms with van der Waals surface area (Å²) in [4.78, 5) is 1.29. The monoisotopic (exact) mass is 253 g/mol. The fourth-order valence-corrected chi connectivity index (χ4v) is 3.98. The Morgan fingerprint density at radius 3 is 3.18 bits per heavy atom. The van der Waals surface area contributed by atoms with E-state index in [0.717, 1.165) is 32.4 Å². The van der Waals surface area contributed by atoms with E-state index >= 15 is 0 Å². The van der Waals surface area contributed by atoms with Crippen LogP contribution in [0.25, 0.3) is 0 Å². The summed E-state index contributed by atoms with van der Waals surface area (Å²) in [6, 6.07) is 0.508. The van der Waals surface area contributed by atoms with E-state index < -0.39 is 0 Å². The van der Waals surface area contributed by atoms with Crippen LogP contribution in [-0.2, 0) is 13.1 Å². The summed E-state index contributed by atoms with van der Waals surface area (Å²) in [5, 5.41) is 18.1. The van der Waals surface area contributed by atoms with Crippen molar-refractivity contribution in [1.29, 1.82) is 0 Å². The highest BCUT2D eigenvalue weighted by Gasteiger charge is 2.26. The molecule has 3 rings (SSSR count). The van der Waals surface area contributed by atoms with Crippen LogP contribution in [0.2, 0.25) is 0 Å². The Balaban J connectivity index is 1.72. The molecule has 2 unspecified atom stereocenters. The van der Waals surface area contributed by atoms with Crippen LogP contribution in [0.3, 0.4) is 0 Å².